The highest BCUT2D eigenvalue weighted by atomic mass is 32.2. The number of ether oxygens (including phenoxy) is 1. The van der Waals surface area contributed by atoms with Crippen LogP contribution in [-0.2, 0) is 0 Å². The largest absolute Gasteiger partial charge is 0.437 e. The van der Waals surface area contributed by atoms with Gasteiger partial charge in [0, 0.05) is 42.1 Å². The number of halogens is 1. The van der Waals surface area contributed by atoms with E-state index >= 15 is 0 Å². The fourth-order valence-electron chi connectivity index (χ4n) is 3.65. The van der Waals surface area contributed by atoms with Gasteiger partial charge in [0.25, 0.3) is 0 Å². The first-order chi connectivity index (χ1) is 17.2. The van der Waals surface area contributed by atoms with E-state index in [4.69, 9.17) is 4.74 Å². The van der Waals surface area contributed by atoms with Crippen LogP contribution in [0.4, 0.5) is 16.0 Å². The molecule has 1 unspecified atom stereocenters. The molecule has 35 heavy (non-hydrogen) atoms. The van der Waals surface area contributed by atoms with Crippen LogP contribution in [0.15, 0.2) is 78.1 Å². The molecule has 0 radical (unpaired) electrons. The number of nitrogens with one attached hydrogen (secondary N) is 3. The van der Waals surface area contributed by atoms with E-state index in [9.17, 15) is 4.39 Å². The molecule has 5 rings (SSSR count). The van der Waals surface area contributed by atoms with Gasteiger partial charge in [0.2, 0.25) is 11.8 Å². The van der Waals surface area contributed by atoms with E-state index in [0.29, 0.717) is 28.8 Å². The van der Waals surface area contributed by atoms with Crippen LogP contribution in [0.3, 0.4) is 0 Å². The number of hydrogen-bond acceptors (Lipinski definition) is 9. The lowest BCUT2D eigenvalue weighted by Gasteiger charge is -2.23. The van der Waals surface area contributed by atoms with Gasteiger partial charge in [-0.15, -0.1) is 0 Å². The Labute approximate surface area is 206 Å². The number of anilines is 2. The lowest BCUT2D eigenvalue weighted by atomic mass is 10.1. The molecule has 0 amide bonds. The lowest BCUT2D eigenvalue weighted by molar-refractivity contribution is 0.458. The van der Waals surface area contributed by atoms with Crippen molar-refractivity contribution in [3.05, 3.63) is 79.0 Å². The summed E-state index contributed by atoms with van der Waals surface area (Å²) in [5.41, 5.74) is 1.36. The average Bonchev–Trinajstić information content (AvgIpc) is 2.90. The predicted octanol–water partition coefficient (Wildman–Crippen LogP) is 5.15. The Balaban J connectivity index is 1.30. The van der Waals surface area contributed by atoms with Gasteiger partial charge in [0.1, 0.15) is 5.75 Å². The molecule has 3 N–H and O–H groups in total. The Bertz CT molecular complexity index is 1270. The van der Waals surface area contributed by atoms with Crippen molar-refractivity contribution in [3.8, 4) is 23.0 Å². The van der Waals surface area contributed by atoms with E-state index in [1.54, 1.807) is 30.6 Å². The molecule has 0 saturated carbocycles. The SMILES string of the molecule is Fc1cc(Oc2nccnc2-c2ccnc(NC3CCCNC3)n2)ccc1NSc1ccccc1. The molecule has 1 atom stereocenters. The van der Waals surface area contributed by atoms with Crippen molar-refractivity contribution in [2.45, 2.75) is 23.8 Å². The van der Waals surface area contributed by atoms with Gasteiger partial charge >= 0.3 is 0 Å². The number of benzene rings is 2. The Hall–Kier alpha value is -3.76. The molecule has 2 aromatic heterocycles. The number of nitrogens with zero attached hydrogens (tertiary/aromatic N) is 4. The van der Waals surface area contributed by atoms with Gasteiger partial charge in [-0.05, 0) is 61.7 Å². The number of rotatable bonds is 8. The third kappa shape index (κ3) is 6.03. The second-order valence-corrected chi connectivity index (χ2v) is 8.80. The normalized spacial score (nSPS) is 15.4. The Morgan fingerprint density at radius 3 is 2.71 bits per heavy atom. The van der Waals surface area contributed by atoms with Crippen molar-refractivity contribution >= 4 is 23.6 Å². The number of piperidine rings is 1. The topological polar surface area (TPSA) is 96.9 Å². The van der Waals surface area contributed by atoms with Crippen molar-refractivity contribution in [2.24, 2.45) is 0 Å². The summed E-state index contributed by atoms with van der Waals surface area (Å²) in [4.78, 5) is 18.6. The van der Waals surface area contributed by atoms with Crippen molar-refractivity contribution in [3.63, 3.8) is 0 Å². The van der Waals surface area contributed by atoms with Crippen LogP contribution in [0.25, 0.3) is 11.4 Å². The second-order valence-electron chi connectivity index (χ2n) is 7.92. The zero-order valence-electron chi connectivity index (χ0n) is 18.8. The molecule has 0 bridgehead atoms. The second kappa shape index (κ2) is 11.1. The predicted molar refractivity (Wildman–Crippen MR) is 135 cm³/mol. The Kier molecular flexibility index (Phi) is 7.30. The number of hydrogen-bond donors (Lipinski definition) is 3. The highest BCUT2D eigenvalue weighted by Crippen LogP contribution is 2.31. The zero-order chi connectivity index (χ0) is 23.9. The third-order valence-corrected chi connectivity index (χ3v) is 6.20. The summed E-state index contributed by atoms with van der Waals surface area (Å²) in [7, 11) is 0. The first-order valence-electron chi connectivity index (χ1n) is 11.3. The average molecular weight is 490 g/mol. The lowest BCUT2D eigenvalue weighted by Crippen LogP contribution is -2.38. The molecule has 1 fully saturated rings. The highest BCUT2D eigenvalue weighted by molar-refractivity contribution is 8.00. The van der Waals surface area contributed by atoms with Crippen molar-refractivity contribution in [2.75, 3.05) is 23.1 Å². The monoisotopic (exact) mass is 489 g/mol. The molecule has 3 heterocycles. The van der Waals surface area contributed by atoms with Crippen LogP contribution in [0.1, 0.15) is 12.8 Å². The van der Waals surface area contributed by atoms with Crippen molar-refractivity contribution in [1.29, 1.82) is 0 Å². The minimum absolute atomic E-state index is 0.232. The minimum Gasteiger partial charge on any atom is -0.437 e. The fourth-order valence-corrected chi connectivity index (χ4v) is 4.34. The van der Waals surface area contributed by atoms with Crippen LogP contribution in [-0.4, -0.2) is 39.1 Å². The third-order valence-electron chi connectivity index (χ3n) is 5.37. The summed E-state index contributed by atoms with van der Waals surface area (Å²) in [6.07, 6.45) is 6.92. The number of aromatic nitrogens is 4. The van der Waals surface area contributed by atoms with E-state index in [2.05, 4.69) is 35.3 Å². The Morgan fingerprint density at radius 1 is 1.00 bits per heavy atom. The smallest absolute Gasteiger partial charge is 0.247 e. The molecule has 4 aromatic rings. The van der Waals surface area contributed by atoms with Crippen LogP contribution in [0.2, 0.25) is 0 Å². The minimum atomic E-state index is -0.439. The molecule has 0 spiro atoms. The van der Waals surface area contributed by atoms with Gasteiger partial charge in [0.05, 0.1) is 11.4 Å². The van der Waals surface area contributed by atoms with E-state index < -0.39 is 5.82 Å². The first-order valence-corrected chi connectivity index (χ1v) is 12.1. The molecular formula is C25H24FN7OS. The first kappa shape index (κ1) is 23.0. The van der Waals surface area contributed by atoms with Crippen LogP contribution in [0.5, 0.6) is 11.6 Å². The van der Waals surface area contributed by atoms with Crippen molar-refractivity contribution < 1.29 is 9.13 Å². The van der Waals surface area contributed by atoms with Gasteiger partial charge < -0.3 is 20.1 Å². The van der Waals surface area contributed by atoms with Crippen molar-refractivity contribution in [1.82, 2.24) is 25.3 Å². The summed E-state index contributed by atoms with van der Waals surface area (Å²) < 4.78 is 23.7. The summed E-state index contributed by atoms with van der Waals surface area (Å²) in [6, 6.07) is 16.3. The van der Waals surface area contributed by atoms with Gasteiger partial charge in [0.15, 0.2) is 11.5 Å². The fraction of sp³-hybridized carbons (Fsp3) is 0.200. The van der Waals surface area contributed by atoms with Gasteiger partial charge in [-0.1, -0.05) is 18.2 Å². The summed E-state index contributed by atoms with van der Waals surface area (Å²) >= 11 is 1.33. The van der Waals surface area contributed by atoms with E-state index in [0.717, 1.165) is 30.8 Å². The summed E-state index contributed by atoms with van der Waals surface area (Å²) in [5.74, 6) is 0.617. The maximum absolute atomic E-state index is 14.7. The molecule has 1 aliphatic rings. The van der Waals surface area contributed by atoms with Gasteiger partial charge in [-0.25, -0.2) is 24.3 Å². The molecular weight excluding hydrogens is 465 g/mol. The standard InChI is InChI=1S/C25H24FN7OS/c26-20-15-18(8-9-21(20)33-35-19-6-2-1-3-7-19)34-24-23(28-13-14-29-24)22-10-12-30-25(32-22)31-17-5-4-11-27-16-17/h1-3,6-10,12-15,17,27,33H,4-5,11,16H2,(H,30,31,32). The maximum atomic E-state index is 14.7. The zero-order valence-corrected chi connectivity index (χ0v) is 19.6. The highest BCUT2D eigenvalue weighted by Gasteiger charge is 2.17. The summed E-state index contributed by atoms with van der Waals surface area (Å²) in [5, 5.41) is 6.73. The quantitative estimate of drug-likeness (QED) is 0.290. The maximum Gasteiger partial charge on any atom is 0.247 e. The van der Waals surface area contributed by atoms with E-state index in [1.807, 2.05) is 30.3 Å². The molecule has 10 heteroatoms. The van der Waals surface area contributed by atoms with Crippen LogP contribution in [0, 0.1) is 5.82 Å². The molecule has 8 nitrogen and oxygen atoms in total. The van der Waals surface area contributed by atoms with Crippen LogP contribution >= 0.6 is 11.9 Å². The molecule has 0 aliphatic carbocycles. The Morgan fingerprint density at radius 2 is 1.89 bits per heavy atom. The molecule has 2 aromatic carbocycles. The van der Waals surface area contributed by atoms with E-state index in [1.165, 1.54) is 24.2 Å². The summed E-state index contributed by atoms with van der Waals surface area (Å²) in [6.45, 7) is 1.90. The van der Waals surface area contributed by atoms with Gasteiger partial charge in [-0.3, -0.25) is 0 Å². The van der Waals surface area contributed by atoms with Crippen LogP contribution < -0.4 is 20.1 Å². The van der Waals surface area contributed by atoms with E-state index in [-0.39, 0.29) is 11.9 Å². The van der Waals surface area contributed by atoms with Gasteiger partial charge in [-0.2, -0.15) is 0 Å². The molecule has 178 valence electrons. The molecule has 1 saturated heterocycles. The molecule has 1 aliphatic heterocycles.